The zero-order valence-electron chi connectivity index (χ0n) is 48.0. The number of fused-ring (bicyclic) bond motifs is 5. The summed E-state index contributed by atoms with van der Waals surface area (Å²) in [6, 6.07) is 60.8. The molecule has 0 atom stereocenters. The number of hydrogen-bond acceptors (Lipinski definition) is 2. The molecule has 0 aliphatic heterocycles. The Labute approximate surface area is 470 Å². The summed E-state index contributed by atoms with van der Waals surface area (Å²) in [7, 11) is 1.61. The molecule has 0 aromatic heterocycles. The van der Waals surface area contributed by atoms with Crippen LogP contribution in [0.3, 0.4) is 0 Å². The molecule has 0 bridgehead atoms. The van der Waals surface area contributed by atoms with Crippen LogP contribution in [0.25, 0.3) is 98.4 Å². The van der Waals surface area contributed by atoms with Crippen LogP contribution in [0.2, 0.25) is 0 Å². The van der Waals surface area contributed by atoms with E-state index in [-0.39, 0.29) is 12.1 Å². The lowest BCUT2D eigenvalue weighted by Crippen LogP contribution is -2.24. The maximum absolute atomic E-state index is 13.7. The third-order valence-corrected chi connectivity index (χ3v) is 16.8. The molecule has 0 heterocycles. The summed E-state index contributed by atoms with van der Waals surface area (Å²) in [4.78, 5) is 25.5. The van der Waals surface area contributed by atoms with Gasteiger partial charge in [0.2, 0.25) is 0 Å². The van der Waals surface area contributed by atoms with Crippen molar-refractivity contribution in [3.63, 3.8) is 0 Å². The number of nitrogens with one attached hydrogen (secondary N) is 4. The smallest absolute Gasteiger partial charge is 0.323 e. The molecule has 11 aromatic carbocycles. The molecule has 396 valence electrons. The predicted octanol–water partition coefficient (Wildman–Crippen LogP) is 20.2. The third-order valence-electron chi connectivity index (χ3n) is 16.8. The number of carbonyl (C=O) groups excluding carboxylic acids is 2. The van der Waals surface area contributed by atoms with Crippen LogP contribution in [-0.4, -0.2) is 19.1 Å². The molecule has 4 amide bonds. The van der Waals surface area contributed by atoms with E-state index in [1.807, 2.05) is 24.3 Å². The Morgan fingerprint density at radius 2 is 0.825 bits per heavy atom. The minimum absolute atomic E-state index is 0.240. The molecule has 0 aliphatic rings. The Morgan fingerprint density at radius 1 is 0.338 bits per heavy atom. The van der Waals surface area contributed by atoms with Crippen LogP contribution >= 0.6 is 0 Å². The van der Waals surface area contributed by atoms with E-state index in [1.54, 1.807) is 7.05 Å². The fourth-order valence-corrected chi connectivity index (χ4v) is 12.1. The number of hydrogen-bond donors (Lipinski definition) is 4. The van der Waals surface area contributed by atoms with Gasteiger partial charge in [-0.25, -0.2) is 9.59 Å². The van der Waals surface area contributed by atoms with Crippen molar-refractivity contribution in [3.05, 3.63) is 231 Å². The Kier molecular flexibility index (Phi) is 14.0. The Bertz CT molecular complexity index is 4440. The molecule has 0 unspecified atom stereocenters. The van der Waals surface area contributed by atoms with Gasteiger partial charge in [-0.1, -0.05) is 138 Å². The molecule has 0 radical (unpaired) electrons. The lowest BCUT2D eigenvalue weighted by atomic mass is 9.84. The van der Waals surface area contributed by atoms with Gasteiger partial charge in [0.1, 0.15) is 0 Å². The molecule has 0 spiro atoms. The number of urea groups is 2. The van der Waals surface area contributed by atoms with Crippen LogP contribution in [-0.2, 0) is 0 Å². The molecule has 0 saturated carbocycles. The van der Waals surface area contributed by atoms with Crippen LogP contribution < -0.4 is 21.3 Å². The van der Waals surface area contributed by atoms with Gasteiger partial charge in [0.25, 0.3) is 0 Å². The van der Waals surface area contributed by atoms with Crippen LogP contribution in [0.4, 0.5) is 26.7 Å². The normalized spacial score (nSPS) is 12.2. The second kappa shape index (κ2) is 21.2. The Morgan fingerprint density at radius 3 is 1.35 bits per heavy atom. The van der Waals surface area contributed by atoms with Crippen molar-refractivity contribution in [2.45, 2.75) is 76.2 Å². The number of anilines is 3. The summed E-state index contributed by atoms with van der Waals surface area (Å²) < 4.78 is 0. The van der Waals surface area contributed by atoms with E-state index in [9.17, 15) is 9.59 Å². The Hall–Kier alpha value is -9.26. The first-order valence-corrected chi connectivity index (χ1v) is 27.6. The van der Waals surface area contributed by atoms with Gasteiger partial charge in [-0.3, -0.25) is 0 Å². The summed E-state index contributed by atoms with van der Waals surface area (Å²) in [5.41, 5.74) is 25.0. The van der Waals surface area contributed by atoms with Crippen LogP contribution in [0.15, 0.2) is 170 Å². The molecule has 80 heavy (non-hydrogen) atoms. The van der Waals surface area contributed by atoms with Crippen molar-refractivity contribution in [2.75, 3.05) is 23.0 Å². The maximum Gasteiger partial charge on any atom is 0.323 e. The largest absolute Gasteiger partial charge is 0.341 e. The summed E-state index contributed by atoms with van der Waals surface area (Å²) in [5, 5.41) is 23.8. The summed E-state index contributed by atoms with van der Waals surface area (Å²) in [6.07, 6.45) is 0. The van der Waals surface area contributed by atoms with Crippen LogP contribution in [0.5, 0.6) is 0 Å². The molecule has 6 heteroatoms. The number of rotatable bonds is 9. The first-order valence-electron chi connectivity index (χ1n) is 27.6. The van der Waals surface area contributed by atoms with E-state index in [0.29, 0.717) is 5.69 Å². The molecule has 0 fully saturated rings. The van der Waals surface area contributed by atoms with Gasteiger partial charge in [0.15, 0.2) is 0 Å². The summed E-state index contributed by atoms with van der Waals surface area (Å²) in [6.45, 7) is 23.9. The van der Waals surface area contributed by atoms with Crippen molar-refractivity contribution < 1.29 is 9.59 Å². The summed E-state index contributed by atoms with van der Waals surface area (Å²) in [5.74, 6) is 0. The topological polar surface area (TPSA) is 82.3 Å². The second-order valence-electron chi connectivity index (χ2n) is 22.1. The van der Waals surface area contributed by atoms with E-state index in [0.717, 1.165) is 44.4 Å². The van der Waals surface area contributed by atoms with Gasteiger partial charge in [0, 0.05) is 24.1 Å². The fourth-order valence-electron chi connectivity index (χ4n) is 12.1. The number of benzene rings is 11. The first kappa shape index (κ1) is 52.8. The highest BCUT2D eigenvalue weighted by Crippen LogP contribution is 2.46. The molecular weight excluding hydrogens is 977 g/mol. The molecule has 11 aromatic rings. The van der Waals surface area contributed by atoms with Gasteiger partial charge >= 0.3 is 12.1 Å². The highest BCUT2D eigenvalue weighted by Gasteiger charge is 2.20. The minimum Gasteiger partial charge on any atom is -0.341 e. The number of allylic oxidation sites excluding steroid dienone is 4. The second-order valence-corrected chi connectivity index (χ2v) is 22.1. The quantitative estimate of drug-likeness (QED) is 0.0858. The molecule has 11 rings (SSSR count). The lowest BCUT2D eigenvalue weighted by molar-refractivity contribution is 0.254. The van der Waals surface area contributed by atoms with Crippen molar-refractivity contribution in [2.24, 2.45) is 0 Å². The molecular formula is C74H68N4O2. The fraction of sp³-hybridized carbons (Fsp3) is 0.162. The minimum atomic E-state index is -0.294. The third kappa shape index (κ3) is 9.87. The van der Waals surface area contributed by atoms with Gasteiger partial charge in [0.05, 0.1) is 0 Å². The van der Waals surface area contributed by atoms with Crippen molar-refractivity contribution in [1.82, 2.24) is 5.32 Å². The molecule has 0 aliphatic carbocycles. The Balaban J connectivity index is 0.819. The molecule has 4 N–H and O–H groups in total. The van der Waals surface area contributed by atoms with Gasteiger partial charge in [-0.2, -0.15) is 0 Å². The van der Waals surface area contributed by atoms with E-state index in [4.69, 9.17) is 0 Å². The average molecular weight is 1050 g/mol. The van der Waals surface area contributed by atoms with Crippen LogP contribution in [0.1, 0.15) is 88.9 Å². The molecule has 0 saturated heterocycles. The first-order chi connectivity index (χ1) is 38.4. The van der Waals surface area contributed by atoms with E-state index < -0.39 is 0 Å². The van der Waals surface area contributed by atoms with Crippen molar-refractivity contribution >= 4 is 105 Å². The summed E-state index contributed by atoms with van der Waals surface area (Å²) >= 11 is 0. The lowest BCUT2D eigenvalue weighted by Gasteiger charge is -2.20. The predicted molar refractivity (Wildman–Crippen MR) is 344 cm³/mol. The highest BCUT2D eigenvalue weighted by molar-refractivity contribution is 6.22. The van der Waals surface area contributed by atoms with E-state index >= 15 is 0 Å². The van der Waals surface area contributed by atoms with Crippen LogP contribution in [0, 0.1) is 48.5 Å². The standard InChI is InChI=1S/C74H68N4O2/c1-41-14-28-66-68(35-41)71(65-27-13-42(2)36-69(65)72(66)57-18-16-55-34-43(3)33-44(4)67(55)39-57)56-17-15-54-40-70(45(5)37-58(54)38-56)78-74(80)77-60-25-21-53(22-26-60)47(7)49(9)62-30-32-63-50(10)61(29-31-64(63)51(62)11)48(8)46(6)52-19-23-59(24-20-52)76-73(79)75-12/h13-40H,1-12H3,(H2,75,76,79)(H2,77,78,80)/b48-46+,49-47+. The van der Waals surface area contributed by atoms with E-state index in [1.165, 1.54) is 127 Å². The molecule has 6 nitrogen and oxygen atoms in total. The van der Waals surface area contributed by atoms with Crippen molar-refractivity contribution in [3.8, 4) is 22.3 Å². The van der Waals surface area contributed by atoms with Gasteiger partial charge in [-0.05, 0) is 268 Å². The maximum atomic E-state index is 13.7. The van der Waals surface area contributed by atoms with Crippen molar-refractivity contribution in [1.29, 1.82) is 0 Å². The number of carbonyl (C=O) groups is 2. The van der Waals surface area contributed by atoms with Gasteiger partial charge < -0.3 is 21.3 Å². The van der Waals surface area contributed by atoms with E-state index in [2.05, 4.69) is 243 Å². The number of amides is 4. The SMILES string of the molecule is CNC(=O)Nc1ccc(/C(C)=C(\C)c2ccc3c(C)c(/C(C)=C(\C)c4ccc(NC(=O)Nc5cc6ccc(-c7c8ccc(C)cc8c(-c8ccc9cc(C)cc(C)c9c8)c8ccc(C)cc78)cc6cc5C)cc4)ccc3c2C)cc1. The average Bonchev–Trinajstić information content (AvgIpc) is 3.55. The zero-order chi connectivity index (χ0) is 56.3. The highest BCUT2D eigenvalue weighted by atomic mass is 16.2. The monoisotopic (exact) mass is 1040 g/mol. The zero-order valence-corrected chi connectivity index (χ0v) is 48.0. The van der Waals surface area contributed by atoms with Gasteiger partial charge in [-0.15, -0.1) is 0 Å². The number of aryl methyl sites for hydroxylation is 7.